The molecule has 0 aromatic carbocycles. The van der Waals surface area contributed by atoms with Gasteiger partial charge in [0.1, 0.15) is 0 Å². The van der Waals surface area contributed by atoms with Crippen LogP contribution in [0.1, 0.15) is 25.7 Å². The largest absolute Gasteiger partial charge is 0.314 e. The van der Waals surface area contributed by atoms with E-state index in [1.165, 1.54) is 42.2 Å². The smallest absolute Gasteiger partial charge is 0.0598 e. The van der Waals surface area contributed by atoms with Crippen molar-refractivity contribution in [3.8, 4) is 0 Å². The molecule has 0 aliphatic carbocycles. The maximum absolute atomic E-state index is 3.54. The Labute approximate surface area is 94.3 Å². The summed E-state index contributed by atoms with van der Waals surface area (Å²) >= 11 is 3.85. The van der Waals surface area contributed by atoms with E-state index in [2.05, 4.69) is 22.8 Å². The predicted octanol–water partition coefficient (Wildman–Crippen LogP) is 3.37. The van der Waals surface area contributed by atoms with Crippen LogP contribution >= 0.6 is 23.1 Å². The molecule has 78 valence electrons. The zero-order chi connectivity index (χ0) is 9.64. The van der Waals surface area contributed by atoms with Crippen LogP contribution in [0.4, 0.5) is 0 Å². The van der Waals surface area contributed by atoms with E-state index in [1.54, 1.807) is 0 Å². The average molecular weight is 227 g/mol. The molecule has 0 amide bonds. The molecule has 1 unspecified atom stereocenters. The van der Waals surface area contributed by atoms with Gasteiger partial charge in [0.25, 0.3) is 0 Å². The molecule has 2 rings (SSSR count). The van der Waals surface area contributed by atoms with E-state index in [9.17, 15) is 0 Å². The lowest BCUT2D eigenvalue weighted by Crippen LogP contribution is -2.20. The Morgan fingerprint density at radius 2 is 2.57 bits per heavy atom. The first-order valence-electron chi connectivity index (χ1n) is 5.35. The second kappa shape index (κ2) is 5.79. The first kappa shape index (κ1) is 10.5. The summed E-state index contributed by atoms with van der Waals surface area (Å²) in [7, 11) is 0. The summed E-state index contributed by atoms with van der Waals surface area (Å²) in [6, 6.07) is 5.16. The summed E-state index contributed by atoms with van der Waals surface area (Å²) in [5.41, 5.74) is 0. The van der Waals surface area contributed by atoms with Crippen molar-refractivity contribution in [2.24, 2.45) is 0 Å². The van der Waals surface area contributed by atoms with Gasteiger partial charge in [0.05, 0.1) is 4.21 Å². The van der Waals surface area contributed by atoms with Crippen LogP contribution in [0.15, 0.2) is 21.7 Å². The summed E-state index contributed by atoms with van der Waals surface area (Å²) in [5.74, 6) is 1.28. The van der Waals surface area contributed by atoms with E-state index < -0.39 is 0 Å². The van der Waals surface area contributed by atoms with Crippen molar-refractivity contribution in [3.63, 3.8) is 0 Å². The first-order chi connectivity index (χ1) is 6.95. The molecule has 1 atom stereocenters. The van der Waals surface area contributed by atoms with E-state index in [0.717, 1.165) is 6.04 Å². The Balaban J connectivity index is 1.55. The Morgan fingerprint density at radius 3 is 3.29 bits per heavy atom. The van der Waals surface area contributed by atoms with Crippen molar-refractivity contribution in [1.82, 2.24) is 5.32 Å². The van der Waals surface area contributed by atoms with E-state index >= 15 is 0 Å². The maximum Gasteiger partial charge on any atom is 0.0598 e. The third kappa shape index (κ3) is 3.30. The minimum atomic E-state index is 0.818. The maximum atomic E-state index is 3.54. The molecule has 1 aromatic heterocycles. The highest BCUT2D eigenvalue weighted by Crippen LogP contribution is 2.24. The average Bonchev–Trinajstić information content (AvgIpc) is 2.86. The van der Waals surface area contributed by atoms with Crippen LogP contribution in [0.25, 0.3) is 0 Å². The molecule has 1 aliphatic heterocycles. The predicted molar refractivity (Wildman–Crippen MR) is 65.3 cm³/mol. The third-order valence-electron chi connectivity index (χ3n) is 2.60. The summed E-state index contributed by atoms with van der Waals surface area (Å²) in [6.07, 6.45) is 5.48. The Morgan fingerprint density at radius 1 is 1.57 bits per heavy atom. The van der Waals surface area contributed by atoms with E-state index in [0.29, 0.717) is 0 Å². The lowest BCUT2D eigenvalue weighted by molar-refractivity contribution is 0.553. The van der Waals surface area contributed by atoms with Crippen molar-refractivity contribution in [3.05, 3.63) is 17.5 Å². The second-order valence-corrected chi connectivity index (χ2v) is 6.06. The van der Waals surface area contributed by atoms with Crippen LogP contribution in [0.5, 0.6) is 0 Å². The van der Waals surface area contributed by atoms with Crippen molar-refractivity contribution in [2.45, 2.75) is 35.9 Å². The van der Waals surface area contributed by atoms with Gasteiger partial charge in [0, 0.05) is 6.04 Å². The van der Waals surface area contributed by atoms with Crippen LogP contribution in [-0.2, 0) is 0 Å². The van der Waals surface area contributed by atoms with Crippen molar-refractivity contribution >= 4 is 23.1 Å². The van der Waals surface area contributed by atoms with Crippen molar-refractivity contribution < 1.29 is 0 Å². The van der Waals surface area contributed by atoms with Gasteiger partial charge >= 0.3 is 0 Å². The number of nitrogens with one attached hydrogen (secondary N) is 1. The highest BCUT2D eigenvalue weighted by Gasteiger charge is 2.12. The molecule has 1 N–H and O–H groups in total. The summed E-state index contributed by atoms with van der Waals surface area (Å²) < 4.78 is 1.46. The number of hydrogen-bond donors (Lipinski definition) is 1. The molecule has 0 spiro atoms. The molecule has 2 heterocycles. The highest BCUT2D eigenvalue weighted by atomic mass is 32.2. The number of thiophene rings is 1. The fraction of sp³-hybridized carbons (Fsp3) is 0.636. The minimum absolute atomic E-state index is 0.818. The molecule has 1 aromatic rings. The molecule has 1 aliphatic rings. The number of rotatable bonds is 5. The van der Waals surface area contributed by atoms with E-state index in [-0.39, 0.29) is 0 Å². The van der Waals surface area contributed by atoms with E-state index in [1.807, 2.05) is 23.1 Å². The minimum Gasteiger partial charge on any atom is -0.314 e. The molecular formula is C11H17NS2. The zero-order valence-corrected chi connectivity index (χ0v) is 10.0. The van der Waals surface area contributed by atoms with Crippen LogP contribution in [0, 0.1) is 0 Å². The van der Waals surface area contributed by atoms with Gasteiger partial charge in [-0.3, -0.25) is 0 Å². The van der Waals surface area contributed by atoms with Gasteiger partial charge in [-0.2, -0.15) is 0 Å². The normalized spacial score (nSPS) is 21.6. The topological polar surface area (TPSA) is 12.0 Å². The monoisotopic (exact) mass is 227 g/mol. The summed E-state index contributed by atoms with van der Waals surface area (Å²) in [4.78, 5) is 0. The Bertz CT molecular complexity index is 240. The van der Waals surface area contributed by atoms with Crippen LogP contribution < -0.4 is 5.32 Å². The van der Waals surface area contributed by atoms with Crippen LogP contribution in [0.2, 0.25) is 0 Å². The molecule has 14 heavy (non-hydrogen) atoms. The molecule has 1 saturated heterocycles. The number of thioether (sulfide) groups is 1. The quantitative estimate of drug-likeness (QED) is 0.611. The van der Waals surface area contributed by atoms with Gasteiger partial charge in [-0.15, -0.1) is 23.1 Å². The first-order valence-corrected chi connectivity index (χ1v) is 7.21. The zero-order valence-electron chi connectivity index (χ0n) is 8.37. The highest BCUT2D eigenvalue weighted by molar-refractivity contribution is 8.01. The van der Waals surface area contributed by atoms with Crippen LogP contribution in [0.3, 0.4) is 0 Å². The standard InChI is InChI=1S/C11H17NS2/c1-4-10(12-7-1)5-2-8-13-11-6-3-9-14-11/h3,6,9-10,12H,1-2,4-5,7-8H2. The van der Waals surface area contributed by atoms with Gasteiger partial charge in [-0.25, -0.2) is 0 Å². The molecular weight excluding hydrogens is 210 g/mol. The molecule has 1 nitrogen and oxygen atoms in total. The summed E-state index contributed by atoms with van der Waals surface area (Å²) in [5, 5.41) is 5.70. The van der Waals surface area contributed by atoms with Gasteiger partial charge in [0.15, 0.2) is 0 Å². The van der Waals surface area contributed by atoms with E-state index in [4.69, 9.17) is 0 Å². The molecule has 3 heteroatoms. The van der Waals surface area contributed by atoms with Gasteiger partial charge in [0.2, 0.25) is 0 Å². The summed E-state index contributed by atoms with van der Waals surface area (Å²) in [6.45, 7) is 1.24. The fourth-order valence-electron chi connectivity index (χ4n) is 1.85. The SMILES string of the molecule is c1csc(SCCCC2CCCN2)c1. The van der Waals surface area contributed by atoms with Crippen molar-refractivity contribution in [2.75, 3.05) is 12.3 Å². The second-order valence-electron chi connectivity index (χ2n) is 3.72. The molecule has 0 saturated carbocycles. The van der Waals surface area contributed by atoms with Gasteiger partial charge in [-0.1, -0.05) is 6.07 Å². The lowest BCUT2D eigenvalue weighted by Gasteiger charge is -2.08. The van der Waals surface area contributed by atoms with Gasteiger partial charge in [-0.05, 0) is 49.4 Å². The molecule has 0 bridgehead atoms. The van der Waals surface area contributed by atoms with Gasteiger partial charge < -0.3 is 5.32 Å². The third-order valence-corrected chi connectivity index (χ3v) is 4.82. The van der Waals surface area contributed by atoms with Crippen molar-refractivity contribution in [1.29, 1.82) is 0 Å². The Hall–Kier alpha value is 0.01000. The van der Waals surface area contributed by atoms with Crippen LogP contribution in [-0.4, -0.2) is 18.3 Å². The number of hydrogen-bond acceptors (Lipinski definition) is 3. The lowest BCUT2D eigenvalue weighted by atomic mass is 10.1. The Kier molecular flexibility index (Phi) is 4.35. The molecule has 0 radical (unpaired) electrons. The molecule has 1 fully saturated rings. The fourth-order valence-corrected chi connectivity index (χ4v) is 3.68.